The number of halogens is 1. The molecule has 1 saturated heterocycles. The number of nitrogens with zero attached hydrogens (tertiary/aromatic N) is 2. The lowest BCUT2D eigenvalue weighted by Gasteiger charge is -2.61. The van der Waals surface area contributed by atoms with Gasteiger partial charge in [-0.15, -0.1) is 12.4 Å². The van der Waals surface area contributed by atoms with Crippen molar-refractivity contribution in [2.24, 2.45) is 28.9 Å². The molecule has 6 fully saturated rings. The lowest BCUT2D eigenvalue weighted by Crippen LogP contribution is -2.64. The maximum absolute atomic E-state index is 13.1. The molecule has 6 atom stereocenters. The van der Waals surface area contributed by atoms with Crippen molar-refractivity contribution in [1.82, 2.24) is 4.90 Å². The second kappa shape index (κ2) is 5.09. The first-order valence-corrected chi connectivity index (χ1v) is 9.13. The highest BCUT2D eigenvalue weighted by Gasteiger charge is 2.62. The van der Waals surface area contributed by atoms with Gasteiger partial charge in [-0.2, -0.15) is 5.26 Å². The van der Waals surface area contributed by atoms with Gasteiger partial charge in [0, 0.05) is 6.04 Å². The van der Waals surface area contributed by atoms with Crippen LogP contribution in [0.2, 0.25) is 0 Å². The number of amides is 1. The number of piperidine rings is 1. The summed E-state index contributed by atoms with van der Waals surface area (Å²) in [6, 6.07) is 1.72. The number of fused-ring (bicyclic) bond motifs is 1. The van der Waals surface area contributed by atoms with Gasteiger partial charge in [-0.3, -0.25) is 4.79 Å². The Morgan fingerprint density at radius 2 is 1.88 bits per heavy atom. The number of nitrogens with two attached hydrogens (primary N) is 1. The molecule has 0 aromatic heterocycles. The minimum atomic E-state index is -0.594. The number of likely N-dealkylation sites (tertiary alicyclic amines) is 1. The van der Waals surface area contributed by atoms with Gasteiger partial charge in [-0.1, -0.05) is 0 Å². The van der Waals surface area contributed by atoms with Crippen LogP contribution in [-0.4, -0.2) is 39.6 Å². The molecule has 1 amide bonds. The fraction of sp³-hybridized carbons (Fsp3) is 0.889. The van der Waals surface area contributed by atoms with Crippen molar-refractivity contribution in [2.45, 2.75) is 75.1 Å². The van der Waals surface area contributed by atoms with Crippen LogP contribution in [0, 0.1) is 34.5 Å². The zero-order valence-electron chi connectivity index (χ0n) is 13.9. The molecule has 0 spiro atoms. The van der Waals surface area contributed by atoms with Crippen LogP contribution < -0.4 is 5.73 Å². The Bertz CT molecular complexity index is 604. The molecule has 6 rings (SSSR count). The quantitative estimate of drug-likeness (QED) is 0.790. The highest BCUT2D eigenvalue weighted by molar-refractivity contribution is 5.85. The maximum Gasteiger partial charge on any atom is 0.241 e. The third kappa shape index (κ3) is 2.16. The molecule has 1 aliphatic heterocycles. The molecule has 24 heavy (non-hydrogen) atoms. The minimum Gasteiger partial charge on any atom is -0.390 e. The number of carbonyl (C=O) groups excluding carboxylic acids is 1. The molecular formula is C18H26ClN3O2. The molecule has 132 valence electrons. The number of aliphatic hydroxyl groups is 1. The third-order valence-electron chi connectivity index (χ3n) is 7.51. The number of hydrogen-bond acceptors (Lipinski definition) is 4. The van der Waals surface area contributed by atoms with Crippen molar-refractivity contribution in [2.75, 3.05) is 0 Å². The van der Waals surface area contributed by atoms with E-state index in [1.54, 1.807) is 4.90 Å². The van der Waals surface area contributed by atoms with Gasteiger partial charge < -0.3 is 15.7 Å². The molecule has 0 aromatic carbocycles. The summed E-state index contributed by atoms with van der Waals surface area (Å²) in [5.74, 6) is 1.56. The van der Waals surface area contributed by atoms with Crippen LogP contribution >= 0.6 is 12.4 Å². The van der Waals surface area contributed by atoms with Gasteiger partial charge >= 0.3 is 0 Å². The van der Waals surface area contributed by atoms with Gasteiger partial charge in [0.1, 0.15) is 6.04 Å². The van der Waals surface area contributed by atoms with Gasteiger partial charge in [0.25, 0.3) is 0 Å². The summed E-state index contributed by atoms with van der Waals surface area (Å²) in [7, 11) is 0. The molecule has 2 unspecified atom stereocenters. The van der Waals surface area contributed by atoms with E-state index in [0.717, 1.165) is 38.5 Å². The molecule has 5 nitrogen and oxygen atoms in total. The topological polar surface area (TPSA) is 90.4 Å². The van der Waals surface area contributed by atoms with E-state index in [1.165, 1.54) is 6.42 Å². The Balaban J connectivity index is 0.00000146. The molecule has 5 saturated carbocycles. The Morgan fingerprint density at radius 3 is 2.46 bits per heavy atom. The van der Waals surface area contributed by atoms with Crippen molar-refractivity contribution in [3.63, 3.8) is 0 Å². The van der Waals surface area contributed by atoms with Gasteiger partial charge in [-0.05, 0) is 74.5 Å². The summed E-state index contributed by atoms with van der Waals surface area (Å²) in [6.07, 6.45) is 7.48. The standard InChI is InChI=1S/C18H25N3O2.ClH/c19-8-13-2-12-3-14(12)21(13)16(22)15(20)17-4-10-1-11(5-17)7-18(23,6-10)9-17;/h10-15,23H,1-7,9,20H2;1H/t10?,11?,12-,13+,14+,15-,17?,18?;/m0./s1. The van der Waals surface area contributed by atoms with Crippen LogP contribution in [0.1, 0.15) is 51.4 Å². The lowest BCUT2D eigenvalue weighted by molar-refractivity contribution is -0.177. The van der Waals surface area contributed by atoms with Crippen molar-refractivity contribution in [3.8, 4) is 6.07 Å². The Morgan fingerprint density at radius 1 is 1.21 bits per heavy atom. The number of rotatable bonds is 2. The van der Waals surface area contributed by atoms with Crippen LogP contribution in [0.25, 0.3) is 0 Å². The number of nitriles is 1. The van der Waals surface area contributed by atoms with Gasteiger partial charge in [0.05, 0.1) is 17.7 Å². The Kier molecular flexibility index (Phi) is 3.53. The van der Waals surface area contributed by atoms with Gasteiger partial charge in [0.15, 0.2) is 0 Å². The summed E-state index contributed by atoms with van der Waals surface area (Å²) >= 11 is 0. The normalized spacial score (nSPS) is 51.5. The van der Waals surface area contributed by atoms with Crippen LogP contribution in [0.4, 0.5) is 0 Å². The zero-order chi connectivity index (χ0) is 16.0. The minimum absolute atomic E-state index is 0. The largest absolute Gasteiger partial charge is 0.390 e. The average Bonchev–Trinajstić information content (AvgIpc) is 3.14. The highest BCUT2D eigenvalue weighted by Crippen LogP contribution is 2.63. The maximum atomic E-state index is 13.1. The first-order valence-electron chi connectivity index (χ1n) is 9.13. The molecular weight excluding hydrogens is 326 g/mol. The summed E-state index contributed by atoms with van der Waals surface area (Å²) < 4.78 is 0. The second-order valence-corrected chi connectivity index (χ2v) is 9.21. The molecule has 6 heteroatoms. The summed E-state index contributed by atoms with van der Waals surface area (Å²) in [4.78, 5) is 14.9. The fourth-order valence-electron chi connectivity index (χ4n) is 6.96. The van der Waals surface area contributed by atoms with E-state index in [1.807, 2.05) is 0 Å². The van der Waals surface area contributed by atoms with Gasteiger partial charge in [-0.25, -0.2) is 0 Å². The second-order valence-electron chi connectivity index (χ2n) is 9.21. The van der Waals surface area contributed by atoms with E-state index in [-0.39, 0.29) is 35.8 Å². The molecule has 5 aliphatic carbocycles. The van der Waals surface area contributed by atoms with E-state index in [2.05, 4.69) is 6.07 Å². The van der Waals surface area contributed by atoms with E-state index >= 15 is 0 Å². The molecule has 0 aromatic rings. The van der Waals surface area contributed by atoms with E-state index in [9.17, 15) is 15.2 Å². The molecule has 6 aliphatic rings. The van der Waals surface area contributed by atoms with Crippen molar-refractivity contribution in [3.05, 3.63) is 0 Å². The zero-order valence-corrected chi connectivity index (χ0v) is 14.7. The monoisotopic (exact) mass is 351 g/mol. The fourth-order valence-corrected chi connectivity index (χ4v) is 6.96. The van der Waals surface area contributed by atoms with E-state index in [0.29, 0.717) is 24.2 Å². The lowest BCUT2D eigenvalue weighted by atomic mass is 9.46. The Labute approximate surface area is 149 Å². The predicted octanol–water partition coefficient (Wildman–Crippen LogP) is 1.58. The molecule has 4 bridgehead atoms. The summed E-state index contributed by atoms with van der Waals surface area (Å²) in [5.41, 5.74) is 5.71. The first kappa shape index (κ1) is 16.6. The first-order chi connectivity index (χ1) is 10.9. The smallest absolute Gasteiger partial charge is 0.241 e. The van der Waals surface area contributed by atoms with Crippen molar-refractivity contribution < 1.29 is 9.90 Å². The van der Waals surface area contributed by atoms with E-state index in [4.69, 9.17) is 5.73 Å². The SMILES string of the molecule is Cl.N#C[C@H]1C[C@H]2C[C@H]2N1C(=O)[C@H](N)C12CC3CC(CC(O)(C3)C1)C2. The highest BCUT2D eigenvalue weighted by atomic mass is 35.5. The van der Waals surface area contributed by atoms with Crippen LogP contribution in [0.15, 0.2) is 0 Å². The summed E-state index contributed by atoms with van der Waals surface area (Å²) in [6.45, 7) is 0. The van der Waals surface area contributed by atoms with Crippen LogP contribution in [-0.2, 0) is 4.79 Å². The number of carbonyl (C=O) groups is 1. The summed E-state index contributed by atoms with van der Waals surface area (Å²) in [5, 5.41) is 20.2. The van der Waals surface area contributed by atoms with E-state index < -0.39 is 11.6 Å². The van der Waals surface area contributed by atoms with Crippen LogP contribution in [0.5, 0.6) is 0 Å². The van der Waals surface area contributed by atoms with Crippen molar-refractivity contribution >= 4 is 18.3 Å². The van der Waals surface area contributed by atoms with Crippen molar-refractivity contribution in [1.29, 1.82) is 5.26 Å². The molecule has 0 radical (unpaired) electrons. The van der Waals surface area contributed by atoms with Gasteiger partial charge in [0.2, 0.25) is 5.91 Å². The predicted molar refractivity (Wildman–Crippen MR) is 90.0 cm³/mol. The Hall–Kier alpha value is -0.830. The van der Waals surface area contributed by atoms with Crippen LogP contribution in [0.3, 0.4) is 0 Å². The average molecular weight is 352 g/mol. The molecule has 1 heterocycles. The third-order valence-corrected chi connectivity index (χ3v) is 7.51. The molecule has 3 N–H and O–H groups in total. The number of hydrogen-bond donors (Lipinski definition) is 2.